The highest BCUT2D eigenvalue weighted by Crippen LogP contribution is 2.13. The zero-order valence-corrected chi connectivity index (χ0v) is 11.9. The number of carbonyl (C=O) groups is 2. The Bertz CT molecular complexity index is 326. The average Bonchev–Trinajstić information content (AvgIpc) is 2.84. The van der Waals surface area contributed by atoms with Crippen LogP contribution in [0.25, 0.3) is 0 Å². The molecule has 0 spiro atoms. The predicted molar refractivity (Wildman–Crippen MR) is 71.6 cm³/mol. The van der Waals surface area contributed by atoms with Gasteiger partial charge < -0.3 is 30.1 Å². The van der Waals surface area contributed by atoms with Crippen molar-refractivity contribution in [3.8, 4) is 0 Å². The number of aliphatic carboxylic acids is 1. The standard InChI is InChI=1S/C12H23N3O5/c1-15(5-6-19-2)4-3-13-12(18)14-10-8-20-7-9(10)11(16)17/h9-10H,3-8H2,1-2H3,(H,16,17)(H2,13,14,18). The van der Waals surface area contributed by atoms with Crippen LogP contribution >= 0.6 is 0 Å². The fraction of sp³-hybridized carbons (Fsp3) is 0.833. The van der Waals surface area contributed by atoms with Crippen molar-refractivity contribution in [2.24, 2.45) is 5.92 Å². The number of hydrogen-bond donors (Lipinski definition) is 3. The molecule has 0 aromatic heterocycles. The quantitative estimate of drug-likeness (QED) is 0.528. The van der Waals surface area contributed by atoms with Crippen molar-refractivity contribution in [3.05, 3.63) is 0 Å². The predicted octanol–water partition coefficient (Wildman–Crippen LogP) is -1.04. The molecule has 8 nitrogen and oxygen atoms in total. The van der Waals surface area contributed by atoms with Gasteiger partial charge in [-0.1, -0.05) is 0 Å². The number of carboxylic acids is 1. The largest absolute Gasteiger partial charge is 0.481 e. The fourth-order valence-electron chi connectivity index (χ4n) is 1.88. The van der Waals surface area contributed by atoms with Crippen LogP contribution in [0.4, 0.5) is 4.79 Å². The van der Waals surface area contributed by atoms with E-state index in [2.05, 4.69) is 10.6 Å². The van der Waals surface area contributed by atoms with Gasteiger partial charge in [0.25, 0.3) is 0 Å². The molecule has 0 saturated carbocycles. The topological polar surface area (TPSA) is 100 Å². The van der Waals surface area contributed by atoms with E-state index in [4.69, 9.17) is 14.6 Å². The number of urea groups is 1. The van der Waals surface area contributed by atoms with Gasteiger partial charge in [0, 0.05) is 26.7 Å². The second kappa shape index (κ2) is 8.72. The fourth-order valence-corrected chi connectivity index (χ4v) is 1.88. The molecule has 2 atom stereocenters. The van der Waals surface area contributed by atoms with Crippen molar-refractivity contribution in [2.45, 2.75) is 6.04 Å². The van der Waals surface area contributed by atoms with E-state index in [9.17, 15) is 9.59 Å². The molecule has 0 aromatic rings. The summed E-state index contributed by atoms with van der Waals surface area (Å²) >= 11 is 0. The smallest absolute Gasteiger partial charge is 0.315 e. The normalized spacial score (nSPS) is 21.9. The summed E-state index contributed by atoms with van der Waals surface area (Å²) < 4.78 is 10.0. The van der Waals surface area contributed by atoms with Crippen LogP contribution in [0.3, 0.4) is 0 Å². The number of amides is 2. The molecule has 0 aliphatic carbocycles. The minimum absolute atomic E-state index is 0.139. The van der Waals surface area contributed by atoms with Gasteiger partial charge in [-0.15, -0.1) is 0 Å². The van der Waals surface area contributed by atoms with E-state index in [-0.39, 0.29) is 19.2 Å². The van der Waals surface area contributed by atoms with Gasteiger partial charge >= 0.3 is 12.0 Å². The first-order valence-electron chi connectivity index (χ1n) is 6.57. The van der Waals surface area contributed by atoms with E-state index in [1.807, 2.05) is 11.9 Å². The lowest BCUT2D eigenvalue weighted by molar-refractivity contribution is -0.142. The van der Waals surface area contributed by atoms with Crippen molar-refractivity contribution in [1.82, 2.24) is 15.5 Å². The lowest BCUT2D eigenvalue weighted by Crippen LogP contribution is -2.48. The summed E-state index contributed by atoms with van der Waals surface area (Å²) in [7, 11) is 3.58. The van der Waals surface area contributed by atoms with Gasteiger partial charge in [-0.2, -0.15) is 0 Å². The summed E-state index contributed by atoms with van der Waals surface area (Å²) in [6.45, 7) is 2.98. The zero-order valence-electron chi connectivity index (χ0n) is 11.9. The first-order valence-corrected chi connectivity index (χ1v) is 6.57. The second-order valence-corrected chi connectivity index (χ2v) is 4.78. The summed E-state index contributed by atoms with van der Waals surface area (Å²) in [5.41, 5.74) is 0. The maximum atomic E-state index is 11.6. The Kier molecular flexibility index (Phi) is 7.27. The number of hydrogen-bond acceptors (Lipinski definition) is 5. The summed E-state index contributed by atoms with van der Waals surface area (Å²) in [6, 6.07) is -0.842. The molecule has 1 aliphatic heterocycles. The molecule has 1 heterocycles. The van der Waals surface area contributed by atoms with Gasteiger partial charge in [-0.05, 0) is 7.05 Å². The molecule has 2 amide bonds. The van der Waals surface area contributed by atoms with Gasteiger partial charge in [-0.25, -0.2) is 4.79 Å². The molecule has 8 heteroatoms. The molecule has 1 aliphatic rings. The van der Waals surface area contributed by atoms with E-state index in [1.54, 1.807) is 7.11 Å². The van der Waals surface area contributed by atoms with Crippen LogP contribution in [-0.4, -0.2) is 81.7 Å². The van der Waals surface area contributed by atoms with Crippen LogP contribution in [0.15, 0.2) is 0 Å². The number of carboxylic acid groups (broad SMARTS) is 1. The lowest BCUT2D eigenvalue weighted by atomic mass is 10.0. The Morgan fingerprint density at radius 1 is 1.40 bits per heavy atom. The molecule has 3 N–H and O–H groups in total. The Labute approximate surface area is 118 Å². The highest BCUT2D eigenvalue weighted by molar-refractivity contribution is 5.77. The van der Waals surface area contributed by atoms with E-state index in [0.29, 0.717) is 19.7 Å². The van der Waals surface area contributed by atoms with Crippen molar-refractivity contribution >= 4 is 12.0 Å². The molecule has 1 fully saturated rings. The lowest BCUT2D eigenvalue weighted by Gasteiger charge is -2.18. The third-order valence-corrected chi connectivity index (χ3v) is 3.17. The maximum absolute atomic E-state index is 11.6. The van der Waals surface area contributed by atoms with Crippen molar-refractivity contribution in [3.63, 3.8) is 0 Å². The molecule has 0 radical (unpaired) electrons. The van der Waals surface area contributed by atoms with Crippen LogP contribution < -0.4 is 10.6 Å². The van der Waals surface area contributed by atoms with Gasteiger partial charge in [0.05, 0.1) is 25.9 Å². The Balaban J connectivity index is 2.18. The Morgan fingerprint density at radius 2 is 2.15 bits per heavy atom. The van der Waals surface area contributed by atoms with Gasteiger partial charge in [-0.3, -0.25) is 4.79 Å². The van der Waals surface area contributed by atoms with E-state index >= 15 is 0 Å². The SMILES string of the molecule is COCCN(C)CCNC(=O)NC1COCC1C(=O)O. The summed E-state index contributed by atoms with van der Waals surface area (Å²) in [4.78, 5) is 24.6. The number of ether oxygens (including phenoxy) is 2. The molecule has 0 bridgehead atoms. The van der Waals surface area contributed by atoms with Gasteiger partial charge in [0.2, 0.25) is 0 Å². The van der Waals surface area contributed by atoms with Crippen LogP contribution in [0, 0.1) is 5.92 Å². The first kappa shape index (κ1) is 16.7. The van der Waals surface area contributed by atoms with E-state index in [0.717, 1.165) is 6.54 Å². The highest BCUT2D eigenvalue weighted by atomic mass is 16.5. The third kappa shape index (κ3) is 5.72. The average molecular weight is 289 g/mol. The number of likely N-dealkylation sites (N-methyl/N-ethyl adjacent to an activating group) is 1. The number of carbonyl (C=O) groups excluding carboxylic acids is 1. The zero-order chi connectivity index (χ0) is 15.0. The summed E-state index contributed by atoms with van der Waals surface area (Å²) in [5.74, 6) is -1.63. The van der Waals surface area contributed by atoms with Crippen LogP contribution in [-0.2, 0) is 14.3 Å². The number of nitrogens with one attached hydrogen (secondary N) is 2. The monoisotopic (exact) mass is 289 g/mol. The Morgan fingerprint density at radius 3 is 2.80 bits per heavy atom. The molecule has 0 aromatic carbocycles. The third-order valence-electron chi connectivity index (χ3n) is 3.17. The Hall–Kier alpha value is -1.38. The minimum Gasteiger partial charge on any atom is -0.481 e. The second-order valence-electron chi connectivity index (χ2n) is 4.78. The molecule has 20 heavy (non-hydrogen) atoms. The van der Waals surface area contributed by atoms with Crippen molar-refractivity contribution in [1.29, 1.82) is 0 Å². The number of rotatable bonds is 8. The highest BCUT2D eigenvalue weighted by Gasteiger charge is 2.34. The minimum atomic E-state index is -0.952. The molecule has 116 valence electrons. The molecular weight excluding hydrogens is 266 g/mol. The number of methoxy groups -OCH3 is 1. The van der Waals surface area contributed by atoms with Crippen LogP contribution in [0.5, 0.6) is 0 Å². The maximum Gasteiger partial charge on any atom is 0.315 e. The number of nitrogens with zero attached hydrogens (tertiary/aromatic N) is 1. The molecule has 2 unspecified atom stereocenters. The van der Waals surface area contributed by atoms with E-state index < -0.39 is 17.9 Å². The summed E-state index contributed by atoms with van der Waals surface area (Å²) in [5, 5.41) is 14.3. The van der Waals surface area contributed by atoms with Crippen molar-refractivity contribution < 1.29 is 24.2 Å². The van der Waals surface area contributed by atoms with Crippen LogP contribution in [0.2, 0.25) is 0 Å². The van der Waals surface area contributed by atoms with Crippen LogP contribution in [0.1, 0.15) is 0 Å². The molecule has 1 rings (SSSR count). The first-order chi connectivity index (χ1) is 9.54. The molecular formula is C12H23N3O5. The van der Waals surface area contributed by atoms with Gasteiger partial charge in [0.15, 0.2) is 0 Å². The van der Waals surface area contributed by atoms with Gasteiger partial charge in [0.1, 0.15) is 5.92 Å². The van der Waals surface area contributed by atoms with E-state index in [1.165, 1.54) is 0 Å². The molecule has 1 saturated heterocycles. The van der Waals surface area contributed by atoms with Crippen molar-refractivity contribution in [2.75, 3.05) is 53.6 Å². The summed E-state index contributed by atoms with van der Waals surface area (Å²) in [6.07, 6.45) is 0.